The van der Waals surface area contributed by atoms with Crippen LogP contribution < -0.4 is 5.32 Å². The van der Waals surface area contributed by atoms with Crippen molar-refractivity contribution in [3.63, 3.8) is 0 Å². The zero-order chi connectivity index (χ0) is 12.5. The minimum absolute atomic E-state index is 0.503. The Kier molecular flexibility index (Phi) is 7.87. The number of hydrogen-bond acceptors (Lipinski definition) is 2. The van der Waals surface area contributed by atoms with E-state index in [0.29, 0.717) is 12.1 Å². The monoisotopic (exact) mass is 241 g/mol. The molecule has 1 N–H and O–H groups in total. The number of rotatable bonds is 9. The summed E-state index contributed by atoms with van der Waals surface area (Å²) in [6.07, 6.45) is 11.2. The Balaban J connectivity index is 2.22. The lowest BCUT2D eigenvalue weighted by Crippen LogP contribution is -2.37. The highest BCUT2D eigenvalue weighted by Crippen LogP contribution is 2.28. The van der Waals surface area contributed by atoms with Crippen molar-refractivity contribution in [2.24, 2.45) is 5.92 Å². The summed E-state index contributed by atoms with van der Waals surface area (Å²) >= 11 is 0. The molecule has 1 fully saturated rings. The fourth-order valence-electron chi connectivity index (χ4n) is 3.09. The highest BCUT2D eigenvalue weighted by molar-refractivity contribution is 4.85. The van der Waals surface area contributed by atoms with Gasteiger partial charge in [0, 0.05) is 18.6 Å². The third-order valence-electron chi connectivity index (χ3n) is 4.17. The Morgan fingerprint density at radius 3 is 2.59 bits per heavy atom. The lowest BCUT2D eigenvalue weighted by atomic mass is 9.88. The first-order valence-electron chi connectivity index (χ1n) is 7.62. The summed E-state index contributed by atoms with van der Waals surface area (Å²) < 4.78 is 5.80. The molecule has 2 heteroatoms. The molecule has 0 amide bonds. The third kappa shape index (κ3) is 4.97. The first-order valence-corrected chi connectivity index (χ1v) is 7.62. The molecule has 0 spiro atoms. The summed E-state index contributed by atoms with van der Waals surface area (Å²) in [5, 5.41) is 3.52. The van der Waals surface area contributed by atoms with Gasteiger partial charge in [0.1, 0.15) is 0 Å². The maximum Gasteiger partial charge on any atom is 0.0616 e. The number of ether oxygens (including phenoxy) is 1. The molecule has 0 aromatic rings. The molecule has 102 valence electrons. The van der Waals surface area contributed by atoms with Crippen LogP contribution in [0.4, 0.5) is 0 Å². The summed E-state index contributed by atoms with van der Waals surface area (Å²) in [7, 11) is 2.11. The SMILES string of the molecule is CCCCCCCC(NC)C1CCOC1CC. The smallest absolute Gasteiger partial charge is 0.0616 e. The van der Waals surface area contributed by atoms with Crippen LogP contribution in [-0.2, 0) is 4.74 Å². The Hall–Kier alpha value is -0.0800. The highest BCUT2D eigenvalue weighted by Gasteiger charge is 2.32. The quantitative estimate of drug-likeness (QED) is 0.621. The Morgan fingerprint density at radius 1 is 1.18 bits per heavy atom. The van der Waals surface area contributed by atoms with Gasteiger partial charge < -0.3 is 10.1 Å². The second-order valence-corrected chi connectivity index (χ2v) is 5.37. The highest BCUT2D eigenvalue weighted by atomic mass is 16.5. The molecule has 1 aliphatic rings. The van der Waals surface area contributed by atoms with Crippen LogP contribution >= 0.6 is 0 Å². The lowest BCUT2D eigenvalue weighted by Gasteiger charge is -2.26. The van der Waals surface area contributed by atoms with Gasteiger partial charge in [0.15, 0.2) is 0 Å². The lowest BCUT2D eigenvalue weighted by molar-refractivity contribution is 0.0770. The molecule has 0 aliphatic carbocycles. The van der Waals surface area contributed by atoms with Crippen LogP contribution in [0.1, 0.15) is 65.2 Å². The van der Waals surface area contributed by atoms with Crippen LogP contribution in [-0.4, -0.2) is 25.8 Å². The van der Waals surface area contributed by atoms with E-state index in [1.54, 1.807) is 0 Å². The van der Waals surface area contributed by atoms with Gasteiger partial charge in [-0.25, -0.2) is 0 Å². The van der Waals surface area contributed by atoms with Gasteiger partial charge in [0.25, 0.3) is 0 Å². The van der Waals surface area contributed by atoms with E-state index in [1.165, 1.54) is 51.4 Å². The topological polar surface area (TPSA) is 21.3 Å². The van der Waals surface area contributed by atoms with E-state index in [1.807, 2.05) is 0 Å². The number of nitrogens with one attached hydrogen (secondary N) is 1. The first-order chi connectivity index (χ1) is 8.33. The summed E-state index contributed by atoms with van der Waals surface area (Å²) in [4.78, 5) is 0. The molecule has 0 aromatic heterocycles. The number of unbranched alkanes of at least 4 members (excludes halogenated alkanes) is 4. The summed E-state index contributed by atoms with van der Waals surface area (Å²) in [6.45, 7) is 5.49. The molecule has 0 bridgehead atoms. The van der Waals surface area contributed by atoms with Gasteiger partial charge >= 0.3 is 0 Å². The molecular formula is C15H31NO. The van der Waals surface area contributed by atoms with E-state index in [-0.39, 0.29) is 0 Å². The zero-order valence-corrected chi connectivity index (χ0v) is 12.0. The predicted octanol–water partition coefficient (Wildman–Crippen LogP) is 3.75. The zero-order valence-electron chi connectivity index (χ0n) is 12.0. The second-order valence-electron chi connectivity index (χ2n) is 5.37. The molecule has 17 heavy (non-hydrogen) atoms. The van der Waals surface area contributed by atoms with E-state index in [0.717, 1.165) is 12.5 Å². The summed E-state index contributed by atoms with van der Waals surface area (Å²) in [5.74, 6) is 0.746. The van der Waals surface area contributed by atoms with Crippen LogP contribution in [0.3, 0.4) is 0 Å². The van der Waals surface area contributed by atoms with E-state index < -0.39 is 0 Å². The number of hydrogen-bond donors (Lipinski definition) is 1. The molecule has 1 heterocycles. The summed E-state index contributed by atoms with van der Waals surface area (Å²) in [5.41, 5.74) is 0. The largest absolute Gasteiger partial charge is 0.378 e. The predicted molar refractivity (Wildman–Crippen MR) is 74.4 cm³/mol. The molecule has 1 saturated heterocycles. The van der Waals surface area contributed by atoms with Crippen LogP contribution in [0.2, 0.25) is 0 Å². The minimum Gasteiger partial charge on any atom is -0.378 e. The molecule has 1 rings (SSSR count). The van der Waals surface area contributed by atoms with Gasteiger partial charge in [-0.05, 0) is 26.3 Å². The van der Waals surface area contributed by atoms with Gasteiger partial charge in [-0.3, -0.25) is 0 Å². The van der Waals surface area contributed by atoms with Crippen LogP contribution in [0.25, 0.3) is 0 Å². The molecule has 0 saturated carbocycles. The van der Waals surface area contributed by atoms with Crippen molar-refractivity contribution in [1.82, 2.24) is 5.32 Å². The fourth-order valence-corrected chi connectivity index (χ4v) is 3.09. The van der Waals surface area contributed by atoms with Crippen LogP contribution in [0.15, 0.2) is 0 Å². The van der Waals surface area contributed by atoms with E-state index in [4.69, 9.17) is 4.74 Å². The average Bonchev–Trinajstić information content (AvgIpc) is 2.82. The van der Waals surface area contributed by atoms with Crippen molar-refractivity contribution in [2.45, 2.75) is 77.4 Å². The Morgan fingerprint density at radius 2 is 1.94 bits per heavy atom. The fraction of sp³-hybridized carbons (Fsp3) is 1.00. The van der Waals surface area contributed by atoms with Crippen molar-refractivity contribution in [2.75, 3.05) is 13.7 Å². The summed E-state index contributed by atoms with van der Waals surface area (Å²) in [6, 6.07) is 0.670. The van der Waals surface area contributed by atoms with Crippen LogP contribution in [0.5, 0.6) is 0 Å². The normalized spacial score (nSPS) is 26.3. The van der Waals surface area contributed by atoms with Gasteiger partial charge in [0.2, 0.25) is 0 Å². The Bertz CT molecular complexity index is 184. The molecule has 3 unspecified atom stereocenters. The average molecular weight is 241 g/mol. The molecule has 3 atom stereocenters. The maximum atomic E-state index is 5.80. The third-order valence-corrected chi connectivity index (χ3v) is 4.17. The molecule has 0 radical (unpaired) electrons. The van der Waals surface area contributed by atoms with E-state index in [9.17, 15) is 0 Å². The van der Waals surface area contributed by atoms with Crippen molar-refractivity contribution in [3.05, 3.63) is 0 Å². The molecule has 1 aliphatic heterocycles. The van der Waals surface area contributed by atoms with E-state index >= 15 is 0 Å². The minimum atomic E-state index is 0.503. The van der Waals surface area contributed by atoms with Crippen molar-refractivity contribution in [3.8, 4) is 0 Å². The molecular weight excluding hydrogens is 210 g/mol. The van der Waals surface area contributed by atoms with Crippen LogP contribution in [0, 0.1) is 5.92 Å². The van der Waals surface area contributed by atoms with Gasteiger partial charge in [-0.2, -0.15) is 0 Å². The van der Waals surface area contributed by atoms with Crippen molar-refractivity contribution >= 4 is 0 Å². The van der Waals surface area contributed by atoms with Crippen molar-refractivity contribution < 1.29 is 4.74 Å². The van der Waals surface area contributed by atoms with Crippen molar-refractivity contribution in [1.29, 1.82) is 0 Å². The van der Waals surface area contributed by atoms with Gasteiger partial charge in [-0.1, -0.05) is 46.0 Å². The maximum absolute atomic E-state index is 5.80. The Labute approximate surface area is 108 Å². The van der Waals surface area contributed by atoms with Gasteiger partial charge in [-0.15, -0.1) is 0 Å². The van der Waals surface area contributed by atoms with Gasteiger partial charge in [0.05, 0.1) is 6.10 Å². The van der Waals surface area contributed by atoms with E-state index in [2.05, 4.69) is 26.2 Å². The second kappa shape index (κ2) is 8.93. The first kappa shape index (κ1) is 15.0. The standard InChI is InChI=1S/C15H31NO/c1-4-6-7-8-9-10-14(16-3)13-11-12-17-15(13)5-2/h13-16H,4-12H2,1-3H3. The molecule has 2 nitrogen and oxygen atoms in total. The molecule has 0 aromatic carbocycles.